The number of halogens is 3. The fraction of sp³-hybridized carbons (Fsp3) is 0.458. The van der Waals surface area contributed by atoms with Gasteiger partial charge in [0.05, 0.1) is 5.56 Å². The van der Waals surface area contributed by atoms with Crippen LogP contribution in [0.25, 0.3) is 0 Å². The van der Waals surface area contributed by atoms with E-state index in [2.05, 4.69) is 17.1 Å². The van der Waals surface area contributed by atoms with Gasteiger partial charge in [-0.05, 0) is 61.7 Å². The van der Waals surface area contributed by atoms with Gasteiger partial charge in [-0.25, -0.2) is 4.79 Å². The van der Waals surface area contributed by atoms with Crippen LogP contribution in [-0.2, 0) is 12.7 Å². The maximum atomic E-state index is 13.3. The van der Waals surface area contributed by atoms with Crippen molar-refractivity contribution in [3.63, 3.8) is 0 Å². The third kappa shape index (κ3) is 5.71. The van der Waals surface area contributed by atoms with E-state index in [1.807, 2.05) is 18.2 Å². The van der Waals surface area contributed by atoms with Crippen LogP contribution in [0.15, 0.2) is 42.5 Å². The second-order valence-electron chi connectivity index (χ2n) is 8.40. The second kappa shape index (κ2) is 9.91. The van der Waals surface area contributed by atoms with E-state index in [-0.39, 0.29) is 18.5 Å². The molecule has 0 unspecified atom stereocenters. The number of nitrogens with one attached hydrogen (secondary N) is 1. The molecule has 2 heterocycles. The predicted octanol–water partition coefficient (Wildman–Crippen LogP) is 5.34. The van der Waals surface area contributed by atoms with Crippen LogP contribution in [-0.4, -0.2) is 48.3 Å². The maximum absolute atomic E-state index is 13.3. The first kappa shape index (κ1) is 23.2. The molecule has 4 rings (SSSR count). The Morgan fingerprint density at radius 3 is 2.61 bits per heavy atom. The van der Waals surface area contributed by atoms with Crippen LogP contribution in [0.5, 0.6) is 11.5 Å². The molecule has 178 valence electrons. The molecule has 2 aliphatic heterocycles. The SMILES string of the molecule is CCCN1CCC(N(Cc2ccc3c(c2)OCO3)C(=O)Nc2cccc(C(F)(F)F)c2)CC1. The molecule has 0 saturated carbocycles. The number of carbonyl (C=O) groups excluding carboxylic acids is 1. The number of urea groups is 1. The van der Waals surface area contributed by atoms with Gasteiger partial charge in [-0.2, -0.15) is 13.2 Å². The Bertz CT molecular complexity index is 975. The van der Waals surface area contributed by atoms with E-state index in [0.717, 1.165) is 56.6 Å². The molecule has 0 spiro atoms. The summed E-state index contributed by atoms with van der Waals surface area (Å²) in [5.74, 6) is 1.29. The van der Waals surface area contributed by atoms with Gasteiger partial charge in [-0.3, -0.25) is 0 Å². The van der Waals surface area contributed by atoms with Crippen molar-refractivity contribution in [2.75, 3.05) is 31.7 Å². The highest BCUT2D eigenvalue weighted by molar-refractivity contribution is 5.89. The lowest BCUT2D eigenvalue weighted by Crippen LogP contribution is -2.48. The van der Waals surface area contributed by atoms with Crippen LogP contribution < -0.4 is 14.8 Å². The third-order valence-corrected chi connectivity index (χ3v) is 6.03. The summed E-state index contributed by atoms with van der Waals surface area (Å²) >= 11 is 0. The van der Waals surface area contributed by atoms with Gasteiger partial charge in [0.25, 0.3) is 0 Å². The average molecular weight is 464 g/mol. The minimum Gasteiger partial charge on any atom is -0.454 e. The number of amides is 2. The highest BCUT2D eigenvalue weighted by Crippen LogP contribution is 2.34. The van der Waals surface area contributed by atoms with E-state index >= 15 is 0 Å². The van der Waals surface area contributed by atoms with Gasteiger partial charge in [0.1, 0.15) is 0 Å². The zero-order valence-corrected chi connectivity index (χ0v) is 18.5. The number of ether oxygens (including phenoxy) is 2. The molecule has 9 heteroatoms. The standard InChI is InChI=1S/C24H28F3N3O3/c1-2-10-29-11-8-20(9-12-29)30(15-17-6-7-21-22(13-17)33-16-32-21)23(31)28-19-5-3-4-18(14-19)24(25,26)27/h3-7,13-14,20H,2,8-12,15-16H2,1H3,(H,28,31). The van der Waals surface area contributed by atoms with Crippen LogP contribution >= 0.6 is 0 Å². The molecule has 2 aromatic rings. The Morgan fingerprint density at radius 1 is 1.12 bits per heavy atom. The lowest BCUT2D eigenvalue weighted by molar-refractivity contribution is -0.137. The summed E-state index contributed by atoms with van der Waals surface area (Å²) in [6, 6.07) is 9.81. The largest absolute Gasteiger partial charge is 0.454 e. The summed E-state index contributed by atoms with van der Waals surface area (Å²) < 4.78 is 50.1. The molecule has 2 aliphatic rings. The monoisotopic (exact) mass is 463 g/mol. The molecule has 2 amide bonds. The van der Waals surface area contributed by atoms with E-state index in [4.69, 9.17) is 9.47 Å². The molecule has 1 saturated heterocycles. The molecule has 33 heavy (non-hydrogen) atoms. The number of hydrogen-bond donors (Lipinski definition) is 1. The lowest BCUT2D eigenvalue weighted by Gasteiger charge is -2.38. The van der Waals surface area contributed by atoms with Crippen molar-refractivity contribution in [3.8, 4) is 11.5 Å². The van der Waals surface area contributed by atoms with Gasteiger partial charge in [-0.1, -0.05) is 19.1 Å². The Hall–Kier alpha value is -2.94. The van der Waals surface area contributed by atoms with Crippen molar-refractivity contribution in [1.82, 2.24) is 9.80 Å². The van der Waals surface area contributed by atoms with E-state index in [1.54, 1.807) is 4.90 Å². The summed E-state index contributed by atoms with van der Waals surface area (Å²) in [6.07, 6.45) is -1.79. The number of likely N-dealkylation sites (tertiary alicyclic amines) is 1. The van der Waals surface area contributed by atoms with Crippen molar-refractivity contribution in [1.29, 1.82) is 0 Å². The number of piperidine rings is 1. The third-order valence-electron chi connectivity index (χ3n) is 6.03. The summed E-state index contributed by atoms with van der Waals surface area (Å²) in [5.41, 5.74) is 0.193. The molecule has 0 radical (unpaired) electrons. The summed E-state index contributed by atoms with van der Waals surface area (Å²) in [6.45, 7) is 5.40. The predicted molar refractivity (Wildman–Crippen MR) is 118 cm³/mol. The maximum Gasteiger partial charge on any atom is 0.416 e. The van der Waals surface area contributed by atoms with Crippen LogP contribution in [0.1, 0.15) is 37.3 Å². The minimum atomic E-state index is -4.47. The smallest absolute Gasteiger partial charge is 0.416 e. The summed E-state index contributed by atoms with van der Waals surface area (Å²) in [4.78, 5) is 17.4. The Morgan fingerprint density at radius 2 is 1.88 bits per heavy atom. The molecule has 1 fully saturated rings. The normalized spacial score (nSPS) is 16.6. The number of benzene rings is 2. The Kier molecular flexibility index (Phi) is 6.97. The van der Waals surface area contributed by atoms with Gasteiger partial charge >= 0.3 is 12.2 Å². The highest BCUT2D eigenvalue weighted by Gasteiger charge is 2.32. The molecule has 0 bridgehead atoms. The topological polar surface area (TPSA) is 54.0 Å². The van der Waals surface area contributed by atoms with Crippen molar-refractivity contribution in [2.24, 2.45) is 0 Å². The van der Waals surface area contributed by atoms with Gasteiger partial charge in [-0.15, -0.1) is 0 Å². The molecule has 1 N–H and O–H groups in total. The zero-order chi connectivity index (χ0) is 23.4. The van der Waals surface area contributed by atoms with E-state index in [1.165, 1.54) is 12.1 Å². The van der Waals surface area contributed by atoms with E-state index < -0.39 is 17.8 Å². The van der Waals surface area contributed by atoms with Crippen LogP contribution in [0.4, 0.5) is 23.7 Å². The quantitative estimate of drug-likeness (QED) is 0.628. The highest BCUT2D eigenvalue weighted by atomic mass is 19.4. The van der Waals surface area contributed by atoms with Crippen LogP contribution in [0, 0.1) is 0 Å². The molecule has 0 atom stereocenters. The molecule has 2 aromatic carbocycles. The van der Waals surface area contributed by atoms with Gasteiger partial charge in [0.2, 0.25) is 6.79 Å². The molecular formula is C24H28F3N3O3. The number of rotatable bonds is 6. The number of fused-ring (bicyclic) bond motifs is 1. The fourth-order valence-electron chi connectivity index (χ4n) is 4.34. The average Bonchev–Trinajstić information content (AvgIpc) is 3.26. The van der Waals surface area contributed by atoms with Gasteiger partial charge < -0.3 is 24.6 Å². The van der Waals surface area contributed by atoms with Crippen molar-refractivity contribution in [3.05, 3.63) is 53.6 Å². The first-order valence-corrected chi connectivity index (χ1v) is 11.2. The van der Waals surface area contributed by atoms with Crippen LogP contribution in [0.2, 0.25) is 0 Å². The first-order valence-electron chi connectivity index (χ1n) is 11.2. The first-order chi connectivity index (χ1) is 15.8. The van der Waals surface area contributed by atoms with Crippen molar-refractivity contribution < 1.29 is 27.4 Å². The Balaban J connectivity index is 1.52. The molecule has 0 aliphatic carbocycles. The molecular weight excluding hydrogens is 435 g/mol. The number of carbonyl (C=O) groups is 1. The van der Waals surface area contributed by atoms with E-state index in [0.29, 0.717) is 18.0 Å². The molecule has 0 aromatic heterocycles. The van der Waals surface area contributed by atoms with Gasteiger partial charge in [0.15, 0.2) is 11.5 Å². The summed E-state index contributed by atoms with van der Waals surface area (Å²) in [7, 11) is 0. The zero-order valence-electron chi connectivity index (χ0n) is 18.5. The lowest BCUT2D eigenvalue weighted by atomic mass is 10.0. The second-order valence-corrected chi connectivity index (χ2v) is 8.40. The van der Waals surface area contributed by atoms with Crippen molar-refractivity contribution in [2.45, 2.75) is 44.9 Å². The molecule has 6 nitrogen and oxygen atoms in total. The summed E-state index contributed by atoms with van der Waals surface area (Å²) in [5, 5.41) is 2.68. The fourth-order valence-corrected chi connectivity index (χ4v) is 4.34. The van der Waals surface area contributed by atoms with Crippen LogP contribution in [0.3, 0.4) is 0 Å². The van der Waals surface area contributed by atoms with Gasteiger partial charge in [0, 0.05) is 31.4 Å². The number of anilines is 1. The minimum absolute atomic E-state index is 0.0191. The number of alkyl halides is 3. The Labute approximate surface area is 191 Å². The number of hydrogen-bond acceptors (Lipinski definition) is 4. The number of nitrogens with zero attached hydrogens (tertiary/aromatic N) is 2. The van der Waals surface area contributed by atoms with E-state index in [9.17, 15) is 18.0 Å². The van der Waals surface area contributed by atoms with Crippen molar-refractivity contribution >= 4 is 11.7 Å².